The van der Waals surface area contributed by atoms with Crippen LogP contribution in [0.1, 0.15) is 6.92 Å². The Hall–Kier alpha value is -2.49. The number of benzene rings is 2. The number of anilines is 1. The van der Waals surface area contributed by atoms with E-state index in [-0.39, 0.29) is 0 Å². The number of urea groups is 1. The lowest BCUT2D eigenvalue weighted by atomic mass is 10.1. The Kier molecular flexibility index (Phi) is 2.63. The van der Waals surface area contributed by atoms with Gasteiger partial charge in [-0.2, -0.15) is 0 Å². The number of para-hydroxylation sites is 1. The number of aromatic nitrogens is 1. The predicted octanol–water partition coefficient (Wildman–Crippen LogP) is 3.63. The Labute approximate surface area is 110 Å². The first-order valence-electron chi connectivity index (χ1n) is 6.24. The van der Waals surface area contributed by atoms with Gasteiger partial charge in [0.25, 0.3) is 0 Å². The summed E-state index contributed by atoms with van der Waals surface area (Å²) in [6, 6.07) is 13.2. The topological polar surface area (TPSA) is 57.8 Å². The molecule has 0 saturated heterocycles. The third-order valence-electron chi connectivity index (χ3n) is 3.35. The quantitative estimate of drug-likeness (QED) is 0.743. The number of carbonyl (C=O) groups is 1. The van der Waals surface area contributed by atoms with E-state index >= 15 is 0 Å². The van der Waals surface area contributed by atoms with Gasteiger partial charge < -0.3 is 9.88 Å². The lowest BCUT2D eigenvalue weighted by molar-refractivity contribution is 0.258. The normalized spacial score (nSPS) is 11.0. The molecule has 3 aromatic rings. The highest BCUT2D eigenvalue weighted by Gasteiger charge is 2.09. The van der Waals surface area contributed by atoms with E-state index in [0.29, 0.717) is 5.69 Å². The molecule has 0 fully saturated rings. The standard InChI is InChI=1S/C15H14N3O/c1-2-18-13-6-4-3-5-11(13)12-9-10(17-15(16)19)7-8-14(12)18/h3-9,16H,2H2,1H3,(H,17,19). The molecule has 0 aliphatic heterocycles. The van der Waals surface area contributed by atoms with Gasteiger partial charge in [-0.3, -0.25) is 0 Å². The van der Waals surface area contributed by atoms with Crippen molar-refractivity contribution in [2.45, 2.75) is 13.5 Å². The van der Waals surface area contributed by atoms with Crippen LogP contribution in [0.15, 0.2) is 42.5 Å². The Bertz CT molecular complexity index is 774. The predicted molar refractivity (Wildman–Crippen MR) is 77.2 cm³/mol. The van der Waals surface area contributed by atoms with E-state index in [1.54, 1.807) is 0 Å². The Morgan fingerprint density at radius 2 is 1.89 bits per heavy atom. The fourth-order valence-electron chi connectivity index (χ4n) is 2.60. The van der Waals surface area contributed by atoms with Crippen molar-refractivity contribution in [2.24, 2.45) is 0 Å². The maximum Gasteiger partial charge on any atom is 0.337 e. The minimum Gasteiger partial charge on any atom is -0.341 e. The number of aryl methyl sites for hydroxylation is 1. The average molecular weight is 252 g/mol. The molecule has 4 nitrogen and oxygen atoms in total. The smallest absolute Gasteiger partial charge is 0.337 e. The van der Waals surface area contributed by atoms with Gasteiger partial charge in [0.05, 0.1) is 0 Å². The number of rotatable bonds is 2. The van der Waals surface area contributed by atoms with Crippen molar-refractivity contribution < 1.29 is 4.79 Å². The monoisotopic (exact) mass is 252 g/mol. The first kappa shape index (κ1) is 11.6. The number of carbonyl (C=O) groups excluding carboxylic acids is 1. The maximum absolute atomic E-state index is 10.8. The van der Waals surface area contributed by atoms with E-state index in [0.717, 1.165) is 17.4 Å². The number of hydrogen-bond acceptors (Lipinski definition) is 1. The third kappa shape index (κ3) is 1.81. The Morgan fingerprint density at radius 1 is 1.16 bits per heavy atom. The van der Waals surface area contributed by atoms with Crippen LogP contribution < -0.4 is 11.1 Å². The molecule has 1 heterocycles. The molecule has 1 aromatic heterocycles. The molecular weight excluding hydrogens is 238 g/mol. The zero-order valence-corrected chi connectivity index (χ0v) is 10.6. The molecule has 0 bridgehead atoms. The van der Waals surface area contributed by atoms with Crippen molar-refractivity contribution >= 4 is 33.5 Å². The van der Waals surface area contributed by atoms with Gasteiger partial charge in [0.2, 0.25) is 0 Å². The summed E-state index contributed by atoms with van der Waals surface area (Å²) in [7, 11) is 0. The van der Waals surface area contributed by atoms with Crippen molar-refractivity contribution in [2.75, 3.05) is 5.32 Å². The van der Waals surface area contributed by atoms with Gasteiger partial charge in [-0.25, -0.2) is 10.5 Å². The van der Waals surface area contributed by atoms with Crippen LogP contribution in [-0.2, 0) is 6.54 Å². The van der Waals surface area contributed by atoms with Crippen molar-refractivity contribution in [1.29, 1.82) is 0 Å². The van der Waals surface area contributed by atoms with Crippen molar-refractivity contribution in [3.05, 3.63) is 42.5 Å². The number of amides is 2. The Balaban J connectivity index is 2.33. The number of fused-ring (bicyclic) bond motifs is 3. The molecule has 0 spiro atoms. The lowest BCUT2D eigenvalue weighted by Gasteiger charge is -2.04. The van der Waals surface area contributed by atoms with Crippen LogP contribution in [-0.4, -0.2) is 10.6 Å². The van der Waals surface area contributed by atoms with Crippen LogP contribution in [0.5, 0.6) is 0 Å². The van der Waals surface area contributed by atoms with Crippen molar-refractivity contribution in [3.8, 4) is 0 Å². The molecule has 1 radical (unpaired) electrons. The van der Waals surface area contributed by atoms with E-state index in [1.807, 2.05) is 30.3 Å². The number of nitrogens with one attached hydrogen (secondary N) is 2. The molecule has 0 saturated carbocycles. The van der Waals surface area contributed by atoms with Gasteiger partial charge in [-0.15, -0.1) is 0 Å². The number of nitrogens with zero attached hydrogens (tertiary/aromatic N) is 1. The van der Waals surface area contributed by atoms with Crippen molar-refractivity contribution in [3.63, 3.8) is 0 Å². The van der Waals surface area contributed by atoms with E-state index in [4.69, 9.17) is 5.73 Å². The van der Waals surface area contributed by atoms with E-state index in [1.165, 1.54) is 10.9 Å². The molecule has 2 aromatic carbocycles. The summed E-state index contributed by atoms with van der Waals surface area (Å²) in [4.78, 5) is 10.8. The van der Waals surface area contributed by atoms with Gasteiger partial charge in [0, 0.05) is 34.0 Å². The summed E-state index contributed by atoms with van der Waals surface area (Å²) in [5, 5.41) is 4.78. The van der Waals surface area contributed by atoms with Crippen LogP contribution in [0, 0.1) is 0 Å². The lowest BCUT2D eigenvalue weighted by Crippen LogP contribution is -2.09. The van der Waals surface area contributed by atoms with Gasteiger partial charge in [-0.05, 0) is 31.2 Å². The first-order chi connectivity index (χ1) is 9.20. The highest BCUT2D eigenvalue weighted by Crippen LogP contribution is 2.30. The van der Waals surface area contributed by atoms with Gasteiger partial charge in [0.1, 0.15) is 0 Å². The molecule has 0 atom stereocenters. The minimum absolute atomic E-state index is 0.659. The second kappa shape index (κ2) is 4.31. The Morgan fingerprint density at radius 3 is 2.63 bits per heavy atom. The van der Waals surface area contributed by atoms with Crippen LogP contribution in [0.3, 0.4) is 0 Å². The van der Waals surface area contributed by atoms with Gasteiger partial charge in [0.15, 0.2) is 0 Å². The second-order valence-corrected chi connectivity index (χ2v) is 4.45. The second-order valence-electron chi connectivity index (χ2n) is 4.45. The van der Waals surface area contributed by atoms with Crippen LogP contribution >= 0.6 is 0 Å². The van der Waals surface area contributed by atoms with E-state index in [9.17, 15) is 4.79 Å². The van der Waals surface area contributed by atoms with Gasteiger partial charge in [-0.1, -0.05) is 18.2 Å². The summed E-state index contributed by atoms with van der Waals surface area (Å²) in [6.07, 6.45) is 0. The highest BCUT2D eigenvalue weighted by molar-refractivity contribution is 6.09. The summed E-state index contributed by atoms with van der Waals surface area (Å²) in [5.41, 5.74) is 9.97. The van der Waals surface area contributed by atoms with E-state index < -0.39 is 6.03 Å². The molecule has 0 unspecified atom stereocenters. The highest BCUT2D eigenvalue weighted by atomic mass is 16.2. The molecule has 4 heteroatoms. The molecule has 2 amide bonds. The van der Waals surface area contributed by atoms with Crippen LogP contribution in [0.4, 0.5) is 10.5 Å². The fourth-order valence-corrected chi connectivity index (χ4v) is 2.60. The van der Waals surface area contributed by atoms with Crippen LogP contribution in [0.2, 0.25) is 0 Å². The summed E-state index contributed by atoms with van der Waals surface area (Å²) < 4.78 is 2.25. The summed E-state index contributed by atoms with van der Waals surface area (Å²) in [5.74, 6) is 0. The van der Waals surface area contributed by atoms with Crippen LogP contribution in [0.25, 0.3) is 21.8 Å². The maximum atomic E-state index is 10.8. The zero-order chi connectivity index (χ0) is 13.4. The molecule has 95 valence electrons. The average Bonchev–Trinajstić information content (AvgIpc) is 2.71. The number of hydrogen-bond donors (Lipinski definition) is 1. The summed E-state index contributed by atoms with van der Waals surface area (Å²) >= 11 is 0. The van der Waals surface area contributed by atoms with Crippen molar-refractivity contribution in [1.82, 2.24) is 10.3 Å². The molecular formula is C15H14N3O. The zero-order valence-electron chi connectivity index (χ0n) is 10.6. The molecule has 19 heavy (non-hydrogen) atoms. The third-order valence-corrected chi connectivity index (χ3v) is 3.35. The summed E-state index contributed by atoms with van der Waals surface area (Å²) in [6.45, 7) is 3.01. The SMILES string of the molecule is CCn1c2ccccc2c2cc(NC([NH])=O)ccc21. The minimum atomic E-state index is -0.793. The molecule has 2 N–H and O–H groups in total. The van der Waals surface area contributed by atoms with E-state index in [2.05, 4.69) is 28.9 Å². The molecule has 3 rings (SSSR count). The molecule has 0 aliphatic rings. The largest absolute Gasteiger partial charge is 0.341 e. The fraction of sp³-hybridized carbons (Fsp3) is 0.133. The van der Waals surface area contributed by atoms with Gasteiger partial charge >= 0.3 is 6.03 Å². The molecule has 0 aliphatic carbocycles. The first-order valence-corrected chi connectivity index (χ1v) is 6.24.